The minimum atomic E-state index is 0.197. The van der Waals surface area contributed by atoms with Crippen LogP contribution in [-0.2, 0) is 4.79 Å². The van der Waals surface area contributed by atoms with Gasteiger partial charge in [0.25, 0.3) is 0 Å². The summed E-state index contributed by atoms with van der Waals surface area (Å²) in [6, 6.07) is 16.1. The largest absolute Gasteiger partial charge is 0.497 e. The number of methoxy groups -OCH3 is 2. The van der Waals surface area contributed by atoms with Crippen LogP contribution in [0.4, 0.5) is 5.69 Å². The van der Waals surface area contributed by atoms with Gasteiger partial charge in [-0.1, -0.05) is 19.1 Å². The van der Waals surface area contributed by atoms with Gasteiger partial charge >= 0.3 is 0 Å². The Morgan fingerprint density at radius 1 is 0.889 bits per heavy atom. The van der Waals surface area contributed by atoms with Crippen molar-refractivity contribution in [3.05, 3.63) is 54.1 Å². The van der Waals surface area contributed by atoms with Crippen molar-refractivity contribution in [2.45, 2.75) is 19.3 Å². The fourth-order valence-electron chi connectivity index (χ4n) is 3.45. The molecule has 1 atom stereocenters. The highest BCUT2D eigenvalue weighted by Gasteiger charge is 2.23. The predicted octanol–water partition coefficient (Wildman–Crippen LogP) is 3.55. The zero-order valence-corrected chi connectivity index (χ0v) is 16.4. The van der Waals surface area contributed by atoms with E-state index in [-0.39, 0.29) is 11.8 Å². The highest BCUT2D eigenvalue weighted by molar-refractivity contribution is 5.77. The van der Waals surface area contributed by atoms with Crippen molar-refractivity contribution in [1.29, 1.82) is 0 Å². The zero-order chi connectivity index (χ0) is 19.2. The smallest absolute Gasteiger partial charge is 0.223 e. The molecule has 1 amide bonds. The SMILES string of the molecule is COc1ccc(C(C)CC(=O)N2CCN(c3ccc(OC)cc3)CC2)cc1. The Hall–Kier alpha value is -2.69. The summed E-state index contributed by atoms with van der Waals surface area (Å²) in [4.78, 5) is 17.0. The van der Waals surface area contributed by atoms with Crippen LogP contribution in [0.1, 0.15) is 24.8 Å². The Labute approximate surface area is 161 Å². The number of nitrogens with zero attached hydrogens (tertiary/aromatic N) is 2. The molecule has 2 aromatic rings. The first-order valence-electron chi connectivity index (χ1n) is 9.41. The lowest BCUT2D eigenvalue weighted by atomic mass is 9.97. The van der Waals surface area contributed by atoms with Gasteiger partial charge in [0.2, 0.25) is 5.91 Å². The normalized spacial score (nSPS) is 15.4. The minimum absolute atomic E-state index is 0.197. The van der Waals surface area contributed by atoms with Gasteiger partial charge in [0.05, 0.1) is 14.2 Å². The van der Waals surface area contributed by atoms with E-state index in [4.69, 9.17) is 9.47 Å². The first-order chi connectivity index (χ1) is 13.1. The molecule has 27 heavy (non-hydrogen) atoms. The van der Waals surface area contributed by atoms with Crippen LogP contribution in [0.25, 0.3) is 0 Å². The van der Waals surface area contributed by atoms with Crippen LogP contribution >= 0.6 is 0 Å². The number of amides is 1. The van der Waals surface area contributed by atoms with E-state index in [2.05, 4.69) is 24.0 Å². The van der Waals surface area contributed by atoms with Crippen molar-refractivity contribution in [2.75, 3.05) is 45.3 Å². The highest BCUT2D eigenvalue weighted by atomic mass is 16.5. The maximum Gasteiger partial charge on any atom is 0.223 e. The third-order valence-electron chi connectivity index (χ3n) is 5.24. The Morgan fingerprint density at radius 3 is 1.93 bits per heavy atom. The highest BCUT2D eigenvalue weighted by Crippen LogP contribution is 2.24. The number of piperazine rings is 1. The van der Waals surface area contributed by atoms with Crippen molar-refractivity contribution in [1.82, 2.24) is 4.90 Å². The van der Waals surface area contributed by atoms with Crippen LogP contribution in [0.2, 0.25) is 0 Å². The standard InChI is InChI=1S/C22H28N2O3/c1-17(18-4-8-20(26-2)9-5-18)16-22(25)24-14-12-23(13-15-24)19-6-10-21(27-3)11-7-19/h4-11,17H,12-16H2,1-3H3. The Kier molecular flexibility index (Phi) is 6.22. The molecule has 0 saturated carbocycles. The number of benzene rings is 2. The summed E-state index contributed by atoms with van der Waals surface area (Å²) in [5.74, 6) is 2.13. The number of carbonyl (C=O) groups is 1. The predicted molar refractivity (Wildman–Crippen MR) is 108 cm³/mol. The van der Waals surface area contributed by atoms with Crippen LogP contribution in [0.15, 0.2) is 48.5 Å². The van der Waals surface area contributed by atoms with E-state index in [1.54, 1.807) is 14.2 Å². The Balaban J connectivity index is 1.51. The van der Waals surface area contributed by atoms with Gasteiger partial charge in [-0.05, 0) is 47.9 Å². The molecular formula is C22H28N2O3. The molecule has 144 valence electrons. The molecule has 0 spiro atoms. The topological polar surface area (TPSA) is 42.0 Å². The molecule has 1 aliphatic heterocycles. The second kappa shape index (κ2) is 8.80. The molecule has 0 N–H and O–H groups in total. The van der Waals surface area contributed by atoms with E-state index in [1.807, 2.05) is 41.3 Å². The Morgan fingerprint density at radius 2 is 1.41 bits per heavy atom. The van der Waals surface area contributed by atoms with Crippen LogP contribution in [0.3, 0.4) is 0 Å². The van der Waals surface area contributed by atoms with E-state index < -0.39 is 0 Å². The third-order valence-corrected chi connectivity index (χ3v) is 5.24. The quantitative estimate of drug-likeness (QED) is 0.782. The maximum atomic E-state index is 12.7. The Bertz CT molecular complexity index is 735. The molecule has 1 fully saturated rings. The van der Waals surface area contributed by atoms with Crippen molar-refractivity contribution < 1.29 is 14.3 Å². The summed E-state index contributed by atoms with van der Waals surface area (Å²) < 4.78 is 10.4. The summed E-state index contributed by atoms with van der Waals surface area (Å²) in [6.07, 6.45) is 0.537. The third kappa shape index (κ3) is 4.73. The van der Waals surface area contributed by atoms with Crippen LogP contribution in [0, 0.1) is 0 Å². The summed E-state index contributed by atoms with van der Waals surface area (Å²) >= 11 is 0. The molecule has 1 aliphatic rings. The molecule has 0 bridgehead atoms. The van der Waals surface area contributed by atoms with Gasteiger partial charge in [-0.25, -0.2) is 0 Å². The van der Waals surface area contributed by atoms with Crippen LogP contribution in [0.5, 0.6) is 11.5 Å². The summed E-state index contributed by atoms with van der Waals surface area (Å²) in [5.41, 5.74) is 2.34. The first kappa shape index (κ1) is 19.1. The monoisotopic (exact) mass is 368 g/mol. The van der Waals surface area contributed by atoms with Crippen molar-refractivity contribution >= 4 is 11.6 Å². The minimum Gasteiger partial charge on any atom is -0.497 e. The summed E-state index contributed by atoms with van der Waals surface area (Å²) in [7, 11) is 3.33. The average Bonchev–Trinajstić information content (AvgIpc) is 2.74. The number of anilines is 1. The van der Waals surface area contributed by atoms with Crippen molar-refractivity contribution in [2.24, 2.45) is 0 Å². The van der Waals surface area contributed by atoms with E-state index in [1.165, 1.54) is 11.3 Å². The van der Waals surface area contributed by atoms with E-state index in [0.29, 0.717) is 6.42 Å². The lowest BCUT2D eigenvalue weighted by Gasteiger charge is -2.36. The van der Waals surface area contributed by atoms with Gasteiger partial charge in [-0.15, -0.1) is 0 Å². The molecule has 5 nitrogen and oxygen atoms in total. The van der Waals surface area contributed by atoms with Crippen LogP contribution < -0.4 is 14.4 Å². The van der Waals surface area contributed by atoms with Gasteiger partial charge in [-0.2, -0.15) is 0 Å². The second-order valence-corrected chi connectivity index (χ2v) is 6.94. The fourth-order valence-corrected chi connectivity index (χ4v) is 3.45. The van der Waals surface area contributed by atoms with Gasteiger partial charge in [0, 0.05) is 38.3 Å². The van der Waals surface area contributed by atoms with E-state index in [0.717, 1.165) is 37.7 Å². The lowest BCUT2D eigenvalue weighted by Crippen LogP contribution is -2.49. The molecule has 2 aromatic carbocycles. The van der Waals surface area contributed by atoms with Gasteiger partial charge in [0.1, 0.15) is 11.5 Å². The number of rotatable bonds is 6. The fraction of sp³-hybridized carbons (Fsp3) is 0.409. The van der Waals surface area contributed by atoms with Gasteiger partial charge < -0.3 is 19.3 Å². The number of carbonyl (C=O) groups excluding carboxylic acids is 1. The molecule has 5 heteroatoms. The molecule has 3 rings (SSSR count). The molecule has 1 heterocycles. The van der Waals surface area contributed by atoms with Crippen molar-refractivity contribution in [3.8, 4) is 11.5 Å². The number of hydrogen-bond acceptors (Lipinski definition) is 4. The van der Waals surface area contributed by atoms with Crippen LogP contribution in [-0.4, -0.2) is 51.2 Å². The van der Waals surface area contributed by atoms with Gasteiger partial charge in [0.15, 0.2) is 0 Å². The second-order valence-electron chi connectivity index (χ2n) is 6.94. The number of ether oxygens (including phenoxy) is 2. The molecule has 0 aromatic heterocycles. The molecule has 1 unspecified atom stereocenters. The average molecular weight is 368 g/mol. The summed E-state index contributed by atoms with van der Waals surface area (Å²) in [6.45, 7) is 5.34. The summed E-state index contributed by atoms with van der Waals surface area (Å²) in [5, 5.41) is 0. The lowest BCUT2D eigenvalue weighted by molar-refractivity contribution is -0.131. The molecule has 1 saturated heterocycles. The number of hydrogen-bond donors (Lipinski definition) is 0. The first-order valence-corrected chi connectivity index (χ1v) is 9.41. The molecule has 0 aliphatic carbocycles. The maximum absolute atomic E-state index is 12.7. The molecule has 0 radical (unpaired) electrons. The molecular weight excluding hydrogens is 340 g/mol. The van der Waals surface area contributed by atoms with E-state index in [9.17, 15) is 4.79 Å². The van der Waals surface area contributed by atoms with Crippen molar-refractivity contribution in [3.63, 3.8) is 0 Å². The van der Waals surface area contributed by atoms with Gasteiger partial charge in [-0.3, -0.25) is 4.79 Å². The van der Waals surface area contributed by atoms with E-state index >= 15 is 0 Å². The zero-order valence-electron chi connectivity index (χ0n) is 16.4.